The zero-order valence-corrected chi connectivity index (χ0v) is 21.4. The first-order valence-corrected chi connectivity index (χ1v) is 12.5. The standard InChI is InChI=1S/C27H35N5O4/c1-5-27(2,3)28-26(34)25(19-12-14-20(35-4)15-13-19)31(17-21-9-8-16-36-21)24(33)18-32-23-11-7-6-10-22(23)29-30-32/h6-7,10-15,21,25H,5,8-9,16-18H2,1-4H3,(H,28,34). The molecule has 2 atom stereocenters. The number of nitrogens with zero attached hydrogens (tertiary/aromatic N) is 4. The van der Waals surface area contributed by atoms with Gasteiger partial charge in [0.1, 0.15) is 23.9 Å². The molecule has 2 unspecified atom stereocenters. The average Bonchev–Trinajstić information content (AvgIpc) is 3.54. The van der Waals surface area contributed by atoms with Gasteiger partial charge in [-0.25, -0.2) is 4.68 Å². The molecular weight excluding hydrogens is 458 g/mol. The Kier molecular flexibility index (Phi) is 7.88. The summed E-state index contributed by atoms with van der Waals surface area (Å²) in [5, 5.41) is 11.5. The highest BCUT2D eigenvalue weighted by atomic mass is 16.5. The van der Waals surface area contributed by atoms with Crippen molar-refractivity contribution in [3.63, 3.8) is 0 Å². The number of ether oxygens (including phenoxy) is 2. The van der Waals surface area contributed by atoms with E-state index in [9.17, 15) is 9.59 Å². The Morgan fingerprint density at radius 2 is 1.97 bits per heavy atom. The lowest BCUT2D eigenvalue weighted by atomic mass is 9.98. The minimum atomic E-state index is -0.840. The van der Waals surface area contributed by atoms with E-state index in [1.165, 1.54) is 0 Å². The molecular formula is C27H35N5O4. The van der Waals surface area contributed by atoms with Gasteiger partial charge in [0.15, 0.2) is 0 Å². The number of hydrogen-bond donors (Lipinski definition) is 1. The first kappa shape index (κ1) is 25.6. The number of nitrogens with one attached hydrogen (secondary N) is 1. The lowest BCUT2D eigenvalue weighted by Crippen LogP contribution is -2.52. The first-order chi connectivity index (χ1) is 17.3. The van der Waals surface area contributed by atoms with Gasteiger partial charge in [0, 0.05) is 18.7 Å². The SMILES string of the molecule is CCC(C)(C)NC(=O)C(c1ccc(OC)cc1)N(CC1CCCO1)C(=O)Cn1nnc2ccccc21. The number of carbonyl (C=O) groups excluding carboxylic acids is 2. The van der Waals surface area contributed by atoms with Crippen LogP contribution in [0.3, 0.4) is 0 Å². The van der Waals surface area contributed by atoms with Crippen molar-refractivity contribution in [1.29, 1.82) is 0 Å². The van der Waals surface area contributed by atoms with Crippen LogP contribution in [0.1, 0.15) is 51.6 Å². The molecule has 2 heterocycles. The molecule has 9 nitrogen and oxygen atoms in total. The summed E-state index contributed by atoms with van der Waals surface area (Å²) in [6.07, 6.45) is 2.39. The predicted octanol–water partition coefficient (Wildman–Crippen LogP) is 3.49. The third kappa shape index (κ3) is 5.84. The lowest BCUT2D eigenvalue weighted by molar-refractivity contribution is -0.144. The van der Waals surface area contributed by atoms with Crippen molar-refractivity contribution in [2.75, 3.05) is 20.3 Å². The van der Waals surface area contributed by atoms with Gasteiger partial charge >= 0.3 is 0 Å². The summed E-state index contributed by atoms with van der Waals surface area (Å²) in [4.78, 5) is 29.3. The molecule has 1 aliphatic rings. The number of fused-ring (bicyclic) bond motifs is 1. The third-order valence-electron chi connectivity index (χ3n) is 6.79. The van der Waals surface area contributed by atoms with Gasteiger partial charge in [0.2, 0.25) is 11.8 Å². The highest BCUT2D eigenvalue weighted by Gasteiger charge is 2.36. The quantitative estimate of drug-likeness (QED) is 0.464. The fraction of sp³-hybridized carbons (Fsp3) is 0.481. The van der Waals surface area contributed by atoms with Crippen LogP contribution in [0.2, 0.25) is 0 Å². The second-order valence-corrected chi connectivity index (χ2v) is 9.82. The van der Waals surface area contributed by atoms with Gasteiger partial charge in [-0.3, -0.25) is 9.59 Å². The van der Waals surface area contributed by atoms with E-state index < -0.39 is 11.6 Å². The van der Waals surface area contributed by atoms with Crippen LogP contribution < -0.4 is 10.1 Å². The van der Waals surface area contributed by atoms with Crippen molar-refractivity contribution in [1.82, 2.24) is 25.2 Å². The summed E-state index contributed by atoms with van der Waals surface area (Å²) in [5.74, 6) is 0.214. The Morgan fingerprint density at radius 3 is 2.64 bits per heavy atom. The summed E-state index contributed by atoms with van der Waals surface area (Å²) >= 11 is 0. The highest BCUT2D eigenvalue weighted by Crippen LogP contribution is 2.28. The highest BCUT2D eigenvalue weighted by molar-refractivity contribution is 5.89. The minimum absolute atomic E-state index is 0.0374. The fourth-order valence-electron chi connectivity index (χ4n) is 4.36. The van der Waals surface area contributed by atoms with Crippen molar-refractivity contribution in [3.05, 3.63) is 54.1 Å². The molecule has 1 fully saturated rings. The summed E-state index contributed by atoms with van der Waals surface area (Å²) in [6, 6.07) is 13.9. The van der Waals surface area contributed by atoms with Gasteiger partial charge in [-0.2, -0.15) is 0 Å². The molecule has 0 aliphatic carbocycles. The Balaban J connectivity index is 1.71. The zero-order chi connectivity index (χ0) is 25.7. The number of aromatic nitrogens is 3. The molecule has 0 saturated carbocycles. The van der Waals surface area contributed by atoms with E-state index in [-0.39, 0.29) is 24.5 Å². The van der Waals surface area contributed by atoms with E-state index in [0.717, 1.165) is 24.8 Å². The number of benzene rings is 2. The van der Waals surface area contributed by atoms with Crippen molar-refractivity contribution in [2.24, 2.45) is 0 Å². The number of hydrogen-bond acceptors (Lipinski definition) is 6. The lowest BCUT2D eigenvalue weighted by Gasteiger charge is -2.35. The van der Waals surface area contributed by atoms with Crippen LogP contribution in [0.15, 0.2) is 48.5 Å². The maximum atomic E-state index is 13.9. The van der Waals surface area contributed by atoms with E-state index in [1.54, 1.807) is 28.8 Å². The minimum Gasteiger partial charge on any atom is -0.497 e. The molecule has 1 aromatic heterocycles. The van der Waals surface area contributed by atoms with Crippen LogP contribution in [0.4, 0.5) is 0 Å². The Bertz CT molecular complexity index is 1180. The third-order valence-corrected chi connectivity index (χ3v) is 6.79. The molecule has 1 aliphatic heterocycles. The first-order valence-electron chi connectivity index (χ1n) is 12.5. The largest absolute Gasteiger partial charge is 0.497 e. The van der Waals surface area contributed by atoms with E-state index >= 15 is 0 Å². The van der Waals surface area contributed by atoms with E-state index in [0.29, 0.717) is 30.0 Å². The van der Waals surface area contributed by atoms with Gasteiger partial charge < -0.3 is 19.7 Å². The van der Waals surface area contributed by atoms with Crippen LogP contribution in [-0.4, -0.2) is 63.6 Å². The Hall–Kier alpha value is -3.46. The fourth-order valence-corrected chi connectivity index (χ4v) is 4.36. The molecule has 192 valence electrons. The number of para-hydroxylation sites is 1. The second kappa shape index (κ2) is 11.1. The van der Waals surface area contributed by atoms with Crippen molar-refractivity contribution in [3.8, 4) is 5.75 Å². The van der Waals surface area contributed by atoms with Crippen LogP contribution >= 0.6 is 0 Å². The van der Waals surface area contributed by atoms with Crippen LogP contribution in [0, 0.1) is 0 Å². The monoisotopic (exact) mass is 493 g/mol. The molecule has 0 bridgehead atoms. The van der Waals surface area contributed by atoms with Crippen LogP contribution in [0.25, 0.3) is 11.0 Å². The van der Waals surface area contributed by atoms with E-state index in [1.807, 2.05) is 57.2 Å². The Morgan fingerprint density at radius 1 is 1.22 bits per heavy atom. The predicted molar refractivity (Wildman–Crippen MR) is 136 cm³/mol. The topological polar surface area (TPSA) is 98.6 Å². The molecule has 2 aromatic carbocycles. The molecule has 4 rings (SSSR count). The van der Waals surface area contributed by atoms with E-state index in [4.69, 9.17) is 9.47 Å². The van der Waals surface area contributed by atoms with Gasteiger partial charge in [0.25, 0.3) is 0 Å². The molecule has 1 saturated heterocycles. The van der Waals surface area contributed by atoms with Crippen LogP contribution in [0.5, 0.6) is 5.75 Å². The summed E-state index contributed by atoms with van der Waals surface area (Å²) in [5.41, 5.74) is 1.75. The van der Waals surface area contributed by atoms with Crippen molar-refractivity contribution < 1.29 is 19.1 Å². The van der Waals surface area contributed by atoms with Crippen LogP contribution in [-0.2, 0) is 20.9 Å². The number of carbonyl (C=O) groups is 2. The number of amides is 2. The van der Waals surface area contributed by atoms with Gasteiger partial charge in [0.05, 0.1) is 18.7 Å². The molecule has 9 heteroatoms. The summed E-state index contributed by atoms with van der Waals surface area (Å²) in [6.45, 7) is 6.90. The van der Waals surface area contributed by atoms with E-state index in [2.05, 4.69) is 15.6 Å². The summed E-state index contributed by atoms with van der Waals surface area (Å²) < 4.78 is 12.8. The molecule has 36 heavy (non-hydrogen) atoms. The zero-order valence-electron chi connectivity index (χ0n) is 21.4. The second-order valence-electron chi connectivity index (χ2n) is 9.82. The normalized spacial score (nSPS) is 16.6. The molecule has 0 spiro atoms. The number of methoxy groups -OCH3 is 1. The number of rotatable bonds is 10. The average molecular weight is 494 g/mol. The summed E-state index contributed by atoms with van der Waals surface area (Å²) in [7, 11) is 1.60. The van der Waals surface area contributed by atoms with Gasteiger partial charge in [-0.15, -0.1) is 5.10 Å². The molecule has 1 N–H and O–H groups in total. The maximum Gasteiger partial charge on any atom is 0.247 e. The van der Waals surface area contributed by atoms with Gasteiger partial charge in [-0.1, -0.05) is 36.4 Å². The maximum absolute atomic E-state index is 13.9. The Labute approximate surface area is 211 Å². The molecule has 3 aromatic rings. The van der Waals surface area contributed by atoms with Gasteiger partial charge in [-0.05, 0) is 62.9 Å². The van der Waals surface area contributed by atoms with Crippen molar-refractivity contribution >= 4 is 22.8 Å². The van der Waals surface area contributed by atoms with Crippen molar-refractivity contribution in [2.45, 2.75) is 64.3 Å². The smallest absolute Gasteiger partial charge is 0.247 e. The molecule has 2 amide bonds. The molecule has 0 radical (unpaired) electrons.